The number of nitrogens with two attached hydrogens (primary N) is 1. The van der Waals surface area contributed by atoms with Crippen LogP contribution in [0.4, 0.5) is 5.82 Å². The van der Waals surface area contributed by atoms with Crippen molar-refractivity contribution in [3.05, 3.63) is 31.0 Å². The highest BCUT2D eigenvalue weighted by atomic mass is 16.1. The molecule has 0 radical (unpaired) electrons. The summed E-state index contributed by atoms with van der Waals surface area (Å²) in [7, 11) is 0. The monoisotopic (exact) mass is 258 g/mol. The third-order valence-electron chi connectivity index (χ3n) is 3.24. The number of carbonyl (C=O) groups excluding carboxylic acids is 1. The van der Waals surface area contributed by atoms with Gasteiger partial charge in [-0.3, -0.25) is 9.36 Å². The molecule has 0 aromatic carbocycles. The summed E-state index contributed by atoms with van der Waals surface area (Å²) >= 11 is 0. The molecule has 19 heavy (non-hydrogen) atoms. The first-order valence-electron chi connectivity index (χ1n) is 6.13. The van der Waals surface area contributed by atoms with Crippen molar-refractivity contribution in [2.75, 3.05) is 11.4 Å². The van der Waals surface area contributed by atoms with Gasteiger partial charge in [0.2, 0.25) is 11.9 Å². The first-order valence-corrected chi connectivity index (χ1v) is 6.13. The zero-order chi connectivity index (χ0) is 13.2. The molecule has 2 N–H and O–H groups in total. The Morgan fingerprint density at radius 3 is 3.05 bits per heavy atom. The number of imidazole rings is 1. The molecule has 2 aromatic heterocycles. The van der Waals surface area contributed by atoms with Gasteiger partial charge in [0.15, 0.2) is 0 Å². The van der Waals surface area contributed by atoms with Crippen molar-refractivity contribution in [3.63, 3.8) is 0 Å². The summed E-state index contributed by atoms with van der Waals surface area (Å²) in [5, 5.41) is 0. The number of rotatable bonds is 3. The smallest absolute Gasteiger partial charge is 0.240 e. The Balaban J connectivity index is 1.93. The summed E-state index contributed by atoms with van der Waals surface area (Å²) in [6, 6.07) is 1.52. The van der Waals surface area contributed by atoms with Crippen LogP contribution in [0.3, 0.4) is 0 Å². The van der Waals surface area contributed by atoms with Crippen LogP contribution in [0, 0.1) is 0 Å². The maximum Gasteiger partial charge on any atom is 0.240 e. The van der Waals surface area contributed by atoms with Crippen molar-refractivity contribution in [1.82, 2.24) is 19.5 Å². The Morgan fingerprint density at radius 2 is 2.32 bits per heavy atom. The number of hydrogen-bond donors (Lipinski definition) is 1. The molecule has 1 atom stereocenters. The lowest BCUT2D eigenvalue weighted by atomic mass is 10.2. The quantitative estimate of drug-likeness (QED) is 0.844. The van der Waals surface area contributed by atoms with E-state index in [0.29, 0.717) is 5.95 Å². The molecular formula is C12H14N6O. The van der Waals surface area contributed by atoms with Gasteiger partial charge in [-0.25, -0.2) is 9.97 Å². The van der Waals surface area contributed by atoms with Crippen molar-refractivity contribution in [1.29, 1.82) is 0 Å². The lowest BCUT2D eigenvalue weighted by Crippen LogP contribution is -2.40. The average Bonchev–Trinajstić information content (AvgIpc) is 3.10. The van der Waals surface area contributed by atoms with Crippen LogP contribution in [-0.4, -0.2) is 38.0 Å². The van der Waals surface area contributed by atoms with E-state index < -0.39 is 0 Å². The van der Waals surface area contributed by atoms with Gasteiger partial charge in [-0.2, -0.15) is 4.98 Å². The first-order chi connectivity index (χ1) is 9.25. The van der Waals surface area contributed by atoms with Crippen LogP contribution in [-0.2, 0) is 4.79 Å². The second-order valence-corrected chi connectivity index (χ2v) is 4.44. The lowest BCUT2D eigenvalue weighted by molar-refractivity contribution is -0.119. The molecule has 1 aliphatic rings. The zero-order valence-electron chi connectivity index (χ0n) is 10.3. The Labute approximate surface area is 110 Å². The van der Waals surface area contributed by atoms with E-state index in [2.05, 4.69) is 15.0 Å². The highest BCUT2D eigenvalue weighted by molar-refractivity contribution is 5.83. The van der Waals surface area contributed by atoms with Gasteiger partial charge in [0.1, 0.15) is 18.2 Å². The summed E-state index contributed by atoms with van der Waals surface area (Å²) in [5.41, 5.74) is 5.42. The Morgan fingerprint density at radius 1 is 1.42 bits per heavy atom. The number of hydrogen-bond acceptors (Lipinski definition) is 5. The van der Waals surface area contributed by atoms with Gasteiger partial charge in [-0.15, -0.1) is 0 Å². The summed E-state index contributed by atoms with van der Waals surface area (Å²) in [5.74, 6) is 0.949. The van der Waals surface area contributed by atoms with Crippen LogP contribution in [0.15, 0.2) is 31.0 Å². The molecule has 98 valence electrons. The first kappa shape index (κ1) is 11.6. The highest BCUT2D eigenvalue weighted by Gasteiger charge is 2.30. The van der Waals surface area contributed by atoms with Crippen molar-refractivity contribution in [2.24, 2.45) is 5.73 Å². The fourth-order valence-corrected chi connectivity index (χ4v) is 2.34. The molecule has 0 bridgehead atoms. The van der Waals surface area contributed by atoms with Crippen LogP contribution in [0.5, 0.6) is 0 Å². The highest BCUT2D eigenvalue weighted by Crippen LogP contribution is 2.23. The predicted octanol–water partition coefficient (Wildman–Crippen LogP) is 0.116. The molecule has 0 unspecified atom stereocenters. The van der Waals surface area contributed by atoms with Gasteiger partial charge in [0, 0.05) is 25.1 Å². The fourth-order valence-electron chi connectivity index (χ4n) is 2.34. The summed E-state index contributed by atoms with van der Waals surface area (Å²) in [4.78, 5) is 26.0. The molecule has 1 fully saturated rings. The van der Waals surface area contributed by atoms with Gasteiger partial charge in [-0.05, 0) is 18.9 Å². The van der Waals surface area contributed by atoms with E-state index in [-0.39, 0.29) is 11.9 Å². The summed E-state index contributed by atoms with van der Waals surface area (Å²) in [6.45, 7) is 0.786. The second kappa shape index (κ2) is 4.68. The number of aromatic nitrogens is 4. The van der Waals surface area contributed by atoms with E-state index in [0.717, 1.165) is 25.2 Å². The standard InChI is InChI=1S/C12H14N6O/c13-11(19)9-2-1-6-18(9)10-3-4-15-12(16-10)17-7-5-14-8-17/h3-5,7-9H,1-2,6H2,(H2,13,19)/t9-/m1/s1. The van der Waals surface area contributed by atoms with Crippen molar-refractivity contribution in [2.45, 2.75) is 18.9 Å². The van der Waals surface area contributed by atoms with E-state index >= 15 is 0 Å². The molecule has 0 saturated carbocycles. The molecule has 7 nitrogen and oxygen atoms in total. The second-order valence-electron chi connectivity index (χ2n) is 4.44. The SMILES string of the molecule is NC(=O)[C@H]1CCCN1c1ccnc(-n2ccnc2)n1. The molecule has 1 aliphatic heterocycles. The molecule has 1 amide bonds. The number of amides is 1. The van der Waals surface area contributed by atoms with Crippen LogP contribution in [0.25, 0.3) is 5.95 Å². The third-order valence-corrected chi connectivity index (χ3v) is 3.24. The molecule has 7 heteroatoms. The maximum atomic E-state index is 11.4. The number of primary amides is 1. The van der Waals surface area contributed by atoms with Crippen LogP contribution in [0.1, 0.15) is 12.8 Å². The summed E-state index contributed by atoms with van der Waals surface area (Å²) in [6.07, 6.45) is 8.47. The average molecular weight is 258 g/mol. The molecule has 2 aromatic rings. The van der Waals surface area contributed by atoms with E-state index in [9.17, 15) is 4.79 Å². The van der Waals surface area contributed by atoms with E-state index in [1.165, 1.54) is 0 Å². The Kier molecular flexibility index (Phi) is 2.86. The van der Waals surface area contributed by atoms with E-state index in [1.807, 2.05) is 4.90 Å². The van der Waals surface area contributed by atoms with Gasteiger partial charge in [0.05, 0.1) is 0 Å². The molecule has 1 saturated heterocycles. The van der Waals surface area contributed by atoms with Crippen LogP contribution < -0.4 is 10.6 Å². The third kappa shape index (κ3) is 2.14. The largest absolute Gasteiger partial charge is 0.368 e. The number of carbonyl (C=O) groups is 1. The Hall–Kier alpha value is -2.44. The molecule has 3 heterocycles. The topological polar surface area (TPSA) is 89.9 Å². The number of nitrogens with zero attached hydrogens (tertiary/aromatic N) is 5. The Bertz CT molecular complexity index is 582. The normalized spacial score (nSPS) is 18.7. The fraction of sp³-hybridized carbons (Fsp3) is 0.333. The zero-order valence-corrected chi connectivity index (χ0v) is 10.3. The number of anilines is 1. The summed E-state index contributed by atoms with van der Waals surface area (Å²) < 4.78 is 1.72. The van der Waals surface area contributed by atoms with Crippen LogP contribution in [0.2, 0.25) is 0 Å². The van der Waals surface area contributed by atoms with Gasteiger partial charge in [-0.1, -0.05) is 0 Å². The predicted molar refractivity (Wildman–Crippen MR) is 68.7 cm³/mol. The van der Waals surface area contributed by atoms with Gasteiger partial charge >= 0.3 is 0 Å². The van der Waals surface area contributed by atoms with Gasteiger partial charge < -0.3 is 10.6 Å². The van der Waals surface area contributed by atoms with E-state index in [1.54, 1.807) is 35.6 Å². The van der Waals surface area contributed by atoms with Crippen LogP contribution >= 0.6 is 0 Å². The molecule has 0 spiro atoms. The molecule has 3 rings (SSSR count). The minimum absolute atomic E-state index is 0.273. The lowest BCUT2D eigenvalue weighted by Gasteiger charge is -2.23. The minimum atomic E-state index is -0.305. The molecule has 0 aliphatic carbocycles. The maximum absolute atomic E-state index is 11.4. The minimum Gasteiger partial charge on any atom is -0.368 e. The van der Waals surface area contributed by atoms with Crippen molar-refractivity contribution in [3.8, 4) is 5.95 Å². The van der Waals surface area contributed by atoms with Gasteiger partial charge in [0.25, 0.3) is 0 Å². The van der Waals surface area contributed by atoms with Crippen molar-refractivity contribution >= 4 is 11.7 Å². The van der Waals surface area contributed by atoms with E-state index in [4.69, 9.17) is 5.73 Å². The van der Waals surface area contributed by atoms with Crippen molar-refractivity contribution < 1.29 is 4.79 Å². The molecular weight excluding hydrogens is 244 g/mol.